The van der Waals surface area contributed by atoms with Crippen molar-refractivity contribution in [2.45, 2.75) is 6.10 Å². The van der Waals surface area contributed by atoms with Gasteiger partial charge in [-0.15, -0.1) is 0 Å². The Labute approximate surface area is 171 Å². The number of rotatable bonds is 3. The van der Waals surface area contributed by atoms with Crippen LogP contribution < -0.4 is 5.56 Å². The lowest BCUT2D eigenvalue weighted by Gasteiger charge is -2.33. The van der Waals surface area contributed by atoms with Gasteiger partial charge in [-0.25, -0.2) is 0 Å². The van der Waals surface area contributed by atoms with Crippen molar-refractivity contribution in [3.8, 4) is 11.3 Å². The zero-order valence-electron chi connectivity index (χ0n) is 15.1. The van der Waals surface area contributed by atoms with Crippen LogP contribution in [0.2, 0.25) is 0 Å². The van der Waals surface area contributed by atoms with E-state index in [1.54, 1.807) is 17.0 Å². The maximum atomic E-state index is 12.9. The van der Waals surface area contributed by atoms with Crippen LogP contribution in [0.25, 0.3) is 11.3 Å². The smallest absolute Gasteiger partial charge is 0.261 e. The molecule has 4 rings (SSSR count). The third kappa shape index (κ3) is 3.93. The zero-order chi connectivity index (χ0) is 19.5. The molecule has 2 heterocycles. The Morgan fingerprint density at radius 1 is 1.04 bits per heavy atom. The van der Waals surface area contributed by atoms with Gasteiger partial charge in [0, 0.05) is 16.7 Å². The lowest BCUT2D eigenvalue weighted by Crippen LogP contribution is -2.43. The first-order valence-corrected chi connectivity index (χ1v) is 9.86. The minimum Gasteiger partial charge on any atom is -0.370 e. The lowest BCUT2D eigenvalue weighted by molar-refractivity contribution is -0.0228. The van der Waals surface area contributed by atoms with Crippen LogP contribution in [0.5, 0.6) is 0 Å². The monoisotopic (exact) mass is 438 g/mol. The summed E-state index contributed by atoms with van der Waals surface area (Å²) >= 11 is 3.42. The molecule has 28 heavy (non-hydrogen) atoms. The predicted molar refractivity (Wildman–Crippen MR) is 111 cm³/mol. The van der Waals surface area contributed by atoms with Gasteiger partial charge in [0.1, 0.15) is 11.7 Å². The van der Waals surface area contributed by atoms with Gasteiger partial charge in [-0.1, -0.05) is 58.4 Å². The fraction of sp³-hybridized carbons (Fsp3) is 0.182. The molecule has 1 unspecified atom stereocenters. The topological polar surface area (TPSA) is 62.4 Å². The van der Waals surface area contributed by atoms with Gasteiger partial charge in [0.2, 0.25) is 0 Å². The van der Waals surface area contributed by atoms with Crippen LogP contribution >= 0.6 is 15.9 Å². The summed E-state index contributed by atoms with van der Waals surface area (Å²) in [6.07, 6.45) is -0.200. The van der Waals surface area contributed by atoms with Crippen LogP contribution in [-0.2, 0) is 4.74 Å². The summed E-state index contributed by atoms with van der Waals surface area (Å²) in [6, 6.07) is 20.8. The molecule has 0 spiro atoms. The van der Waals surface area contributed by atoms with E-state index in [1.807, 2.05) is 54.6 Å². The van der Waals surface area contributed by atoms with Crippen LogP contribution in [0, 0.1) is 0 Å². The molecule has 1 aliphatic heterocycles. The van der Waals surface area contributed by atoms with E-state index in [1.165, 1.54) is 0 Å². The van der Waals surface area contributed by atoms with Gasteiger partial charge in [-0.2, -0.15) is 0 Å². The van der Waals surface area contributed by atoms with E-state index in [-0.39, 0.29) is 23.1 Å². The van der Waals surface area contributed by atoms with Crippen LogP contribution in [0.1, 0.15) is 22.0 Å². The molecule has 0 radical (unpaired) electrons. The minimum absolute atomic E-state index is 0.149. The van der Waals surface area contributed by atoms with Crippen molar-refractivity contribution in [1.29, 1.82) is 0 Å². The van der Waals surface area contributed by atoms with Crippen LogP contribution in [0.3, 0.4) is 0 Å². The van der Waals surface area contributed by atoms with E-state index in [9.17, 15) is 9.59 Å². The highest BCUT2D eigenvalue weighted by Gasteiger charge is 2.27. The number of ether oxygens (including phenoxy) is 1. The van der Waals surface area contributed by atoms with Gasteiger partial charge in [0.15, 0.2) is 0 Å². The number of aromatic amines is 1. The average Bonchev–Trinajstić information content (AvgIpc) is 2.74. The van der Waals surface area contributed by atoms with Gasteiger partial charge >= 0.3 is 0 Å². The van der Waals surface area contributed by atoms with E-state index < -0.39 is 0 Å². The highest BCUT2D eigenvalue weighted by molar-refractivity contribution is 9.10. The molecule has 142 valence electrons. The number of hydrogen-bond acceptors (Lipinski definition) is 3. The minimum atomic E-state index is -0.377. The van der Waals surface area contributed by atoms with Crippen molar-refractivity contribution in [1.82, 2.24) is 9.88 Å². The third-order valence-electron chi connectivity index (χ3n) is 4.82. The van der Waals surface area contributed by atoms with Crippen molar-refractivity contribution >= 4 is 21.8 Å². The number of morpholine rings is 1. The Hall–Kier alpha value is -2.70. The van der Waals surface area contributed by atoms with Crippen LogP contribution in [0.4, 0.5) is 0 Å². The quantitative estimate of drug-likeness (QED) is 0.671. The van der Waals surface area contributed by atoms with Crippen LogP contribution in [-0.4, -0.2) is 35.5 Å². The number of aromatic nitrogens is 1. The predicted octanol–water partition coefficient (Wildman–Crippen LogP) is 4.02. The molecule has 0 bridgehead atoms. The number of halogens is 1. The number of carbonyl (C=O) groups excluding carboxylic acids is 1. The number of carbonyl (C=O) groups is 1. The van der Waals surface area contributed by atoms with E-state index in [0.717, 1.165) is 15.6 Å². The highest BCUT2D eigenvalue weighted by Crippen LogP contribution is 2.24. The molecule has 6 heteroatoms. The second-order valence-corrected chi connectivity index (χ2v) is 7.56. The molecule has 1 amide bonds. The molecule has 1 aliphatic rings. The number of nitrogens with one attached hydrogen (secondary N) is 1. The second-order valence-electron chi connectivity index (χ2n) is 6.64. The van der Waals surface area contributed by atoms with Gasteiger partial charge in [0.05, 0.1) is 13.2 Å². The van der Waals surface area contributed by atoms with Gasteiger partial charge in [0.25, 0.3) is 11.5 Å². The first kappa shape index (κ1) is 18.7. The third-order valence-corrected chi connectivity index (χ3v) is 5.35. The Morgan fingerprint density at radius 2 is 1.79 bits per heavy atom. The summed E-state index contributed by atoms with van der Waals surface area (Å²) in [4.78, 5) is 30.0. The van der Waals surface area contributed by atoms with Crippen LogP contribution in [0.15, 0.2) is 76.0 Å². The standard InChI is InChI=1S/C22H19BrN2O3/c23-17-8-6-16(7-9-17)20-14-25(12-13-28-20)22(27)18-10-11-19(24-21(18)26)15-4-2-1-3-5-15/h1-11,20H,12-14H2,(H,24,26). The molecule has 1 fully saturated rings. The number of amides is 1. The Bertz CT molecular complexity index is 1030. The number of hydrogen-bond donors (Lipinski definition) is 1. The molecule has 1 aromatic heterocycles. The highest BCUT2D eigenvalue weighted by atomic mass is 79.9. The molecule has 1 saturated heterocycles. The molecule has 2 aromatic carbocycles. The van der Waals surface area contributed by atoms with Crippen molar-refractivity contribution in [3.05, 3.63) is 92.7 Å². The maximum absolute atomic E-state index is 12.9. The summed E-state index contributed by atoms with van der Waals surface area (Å²) in [5.41, 5.74) is 2.38. The normalized spacial score (nSPS) is 16.8. The van der Waals surface area contributed by atoms with Crippen molar-refractivity contribution < 1.29 is 9.53 Å². The largest absolute Gasteiger partial charge is 0.370 e. The average molecular weight is 439 g/mol. The zero-order valence-corrected chi connectivity index (χ0v) is 16.7. The van der Waals surface area contributed by atoms with E-state index in [4.69, 9.17) is 4.74 Å². The van der Waals surface area contributed by atoms with Gasteiger partial charge in [-0.05, 0) is 35.4 Å². The van der Waals surface area contributed by atoms with Crippen molar-refractivity contribution in [2.75, 3.05) is 19.7 Å². The summed E-state index contributed by atoms with van der Waals surface area (Å²) in [5, 5.41) is 0. The summed E-state index contributed by atoms with van der Waals surface area (Å²) in [7, 11) is 0. The van der Waals surface area contributed by atoms with Gasteiger partial charge in [-0.3, -0.25) is 9.59 Å². The Morgan fingerprint density at radius 3 is 2.50 bits per heavy atom. The molecule has 1 N–H and O–H groups in total. The molecular weight excluding hydrogens is 420 g/mol. The van der Waals surface area contributed by atoms with Gasteiger partial charge < -0.3 is 14.6 Å². The number of H-pyrrole nitrogens is 1. The molecule has 5 nitrogen and oxygen atoms in total. The SMILES string of the molecule is O=C(c1ccc(-c2ccccc2)[nH]c1=O)N1CCOC(c2ccc(Br)cc2)C1. The Kier molecular flexibility index (Phi) is 5.41. The number of pyridine rings is 1. The van der Waals surface area contributed by atoms with Crippen molar-refractivity contribution in [3.63, 3.8) is 0 Å². The molecular formula is C22H19BrN2O3. The summed E-state index contributed by atoms with van der Waals surface area (Å²) in [5.74, 6) is -0.272. The first-order chi connectivity index (χ1) is 13.6. The molecule has 1 atom stereocenters. The lowest BCUT2D eigenvalue weighted by atomic mass is 10.1. The fourth-order valence-electron chi connectivity index (χ4n) is 3.31. The van der Waals surface area contributed by atoms with E-state index in [2.05, 4.69) is 20.9 Å². The fourth-order valence-corrected chi connectivity index (χ4v) is 3.58. The molecule has 0 aliphatic carbocycles. The second kappa shape index (κ2) is 8.12. The van der Waals surface area contributed by atoms with Crippen molar-refractivity contribution in [2.24, 2.45) is 0 Å². The van der Waals surface area contributed by atoms with E-state index in [0.29, 0.717) is 25.4 Å². The maximum Gasteiger partial charge on any atom is 0.261 e. The van der Waals surface area contributed by atoms with E-state index >= 15 is 0 Å². The molecule has 3 aromatic rings. The number of benzene rings is 2. The molecule has 0 saturated carbocycles. The number of nitrogens with zero attached hydrogens (tertiary/aromatic N) is 1. The Balaban J connectivity index is 1.54. The summed E-state index contributed by atoms with van der Waals surface area (Å²) in [6.45, 7) is 1.32. The summed E-state index contributed by atoms with van der Waals surface area (Å²) < 4.78 is 6.82. The first-order valence-electron chi connectivity index (χ1n) is 9.07.